The fourth-order valence-corrected chi connectivity index (χ4v) is 4.41. The number of phenols is 1. The minimum Gasteiger partial charge on any atom is -0.534 e. The van der Waals surface area contributed by atoms with Crippen LogP contribution < -0.4 is 15.3 Å². The normalized spacial score (nSPS) is 17.6. The third-order valence-electron chi connectivity index (χ3n) is 6.52. The molecule has 13 nitrogen and oxygen atoms in total. The number of hydrogen-bond acceptors (Lipinski definition) is 8. The summed E-state index contributed by atoms with van der Waals surface area (Å²) in [7, 11) is -1.77. The number of para-hydroxylation sites is 1. The van der Waals surface area contributed by atoms with Gasteiger partial charge in [-0.1, -0.05) is 12.1 Å². The molecule has 2 aliphatic heterocycles. The van der Waals surface area contributed by atoms with Gasteiger partial charge in [0.2, 0.25) is 5.91 Å². The molecule has 1 saturated heterocycles. The van der Waals surface area contributed by atoms with E-state index in [0.29, 0.717) is 22.6 Å². The summed E-state index contributed by atoms with van der Waals surface area (Å²) in [5.74, 6) is -9.65. The lowest BCUT2D eigenvalue weighted by atomic mass is 9.72. The number of hydrogen-bond donors (Lipinski definition) is 5. The summed E-state index contributed by atoms with van der Waals surface area (Å²) in [4.78, 5) is 64.2. The van der Waals surface area contributed by atoms with Crippen molar-refractivity contribution in [3.8, 4) is 11.5 Å². The first-order valence-electron chi connectivity index (χ1n) is 12.0. The zero-order valence-electron chi connectivity index (χ0n) is 20.9. The maximum Gasteiger partial charge on any atom is 0.547 e. The van der Waals surface area contributed by atoms with E-state index < -0.39 is 71.8 Å². The molecule has 1 unspecified atom stereocenters. The van der Waals surface area contributed by atoms with Gasteiger partial charge in [-0.2, -0.15) is 0 Å². The van der Waals surface area contributed by atoms with Gasteiger partial charge in [-0.25, -0.2) is 18.4 Å². The van der Waals surface area contributed by atoms with Crippen LogP contribution >= 0.6 is 0 Å². The molecule has 2 atom stereocenters. The van der Waals surface area contributed by atoms with Crippen molar-refractivity contribution in [1.82, 2.24) is 20.4 Å². The van der Waals surface area contributed by atoms with E-state index in [2.05, 4.69) is 10.6 Å². The number of imide groups is 1. The van der Waals surface area contributed by atoms with Crippen LogP contribution in [0.1, 0.15) is 34.5 Å². The summed E-state index contributed by atoms with van der Waals surface area (Å²) in [6.07, 6.45) is -0.136. The van der Waals surface area contributed by atoms with Crippen molar-refractivity contribution in [3.63, 3.8) is 0 Å². The van der Waals surface area contributed by atoms with Gasteiger partial charge in [-0.05, 0) is 31.0 Å². The van der Waals surface area contributed by atoms with Crippen LogP contribution in [0.4, 0.5) is 13.6 Å². The zero-order valence-corrected chi connectivity index (χ0v) is 20.9. The maximum atomic E-state index is 14.8. The number of piperazine rings is 1. The number of urea groups is 1. The molecule has 16 heteroatoms. The number of fused-ring (bicyclic) bond motifs is 1. The number of rotatable bonds is 6. The smallest absolute Gasteiger partial charge is 0.534 e. The summed E-state index contributed by atoms with van der Waals surface area (Å²) in [5.41, 5.74) is -0.641. The Morgan fingerprint density at radius 1 is 1.15 bits per heavy atom. The molecule has 2 aromatic rings. The number of carbonyl (C=O) groups is 5. The third-order valence-corrected chi connectivity index (χ3v) is 6.52. The summed E-state index contributed by atoms with van der Waals surface area (Å²) in [6.45, 7) is 1.62. The largest absolute Gasteiger partial charge is 0.547 e. The monoisotopic (exact) mass is 560 g/mol. The number of aromatic carboxylic acids is 1. The summed E-state index contributed by atoms with van der Waals surface area (Å²) >= 11 is 0. The second-order valence-electron chi connectivity index (χ2n) is 8.98. The highest BCUT2D eigenvalue weighted by Gasteiger charge is 2.41. The van der Waals surface area contributed by atoms with Crippen molar-refractivity contribution in [1.29, 1.82) is 0 Å². The van der Waals surface area contributed by atoms with Crippen LogP contribution in [0.3, 0.4) is 0 Å². The Labute approximate surface area is 225 Å². The van der Waals surface area contributed by atoms with Gasteiger partial charge in [0, 0.05) is 31.3 Å². The van der Waals surface area contributed by atoms with E-state index >= 15 is 0 Å². The number of carboxylic acid groups (broad SMARTS) is 1. The average molecular weight is 560 g/mol. The molecule has 0 bridgehead atoms. The van der Waals surface area contributed by atoms with Crippen molar-refractivity contribution in [2.75, 3.05) is 19.6 Å². The first-order chi connectivity index (χ1) is 18.9. The lowest BCUT2D eigenvalue weighted by Crippen LogP contribution is -2.60. The number of nitrogens with one attached hydrogen (secondary N) is 2. The predicted octanol–water partition coefficient (Wildman–Crippen LogP) is -0.0504. The van der Waals surface area contributed by atoms with Gasteiger partial charge in [0.05, 0.1) is 11.5 Å². The minimum absolute atomic E-state index is 0.0108. The number of aromatic hydroxyl groups is 1. The first-order valence-corrected chi connectivity index (χ1v) is 12.0. The van der Waals surface area contributed by atoms with Crippen molar-refractivity contribution in [2.45, 2.75) is 25.3 Å². The van der Waals surface area contributed by atoms with Crippen LogP contribution in [0.5, 0.6) is 11.5 Å². The Morgan fingerprint density at radius 3 is 2.55 bits per heavy atom. The number of carboxylic acids is 1. The van der Waals surface area contributed by atoms with E-state index in [4.69, 9.17) is 4.65 Å². The first kappa shape index (κ1) is 28.3. The number of likely N-dealkylation sites (N-methyl/N-ethyl adjacent to an activating group) is 1. The highest BCUT2D eigenvalue weighted by Crippen LogP contribution is 2.31. The number of halogens is 2. The highest BCUT2D eigenvalue weighted by atomic mass is 19.1. The summed E-state index contributed by atoms with van der Waals surface area (Å²) in [5, 5.41) is 33.8. The van der Waals surface area contributed by atoms with Gasteiger partial charge >= 0.3 is 30.9 Å². The van der Waals surface area contributed by atoms with E-state index in [9.17, 15) is 48.0 Å². The number of amides is 5. The quantitative estimate of drug-likeness (QED) is 0.239. The van der Waals surface area contributed by atoms with Gasteiger partial charge < -0.3 is 35.4 Å². The molecule has 1 fully saturated rings. The Bertz CT molecular complexity index is 1410. The summed E-state index contributed by atoms with van der Waals surface area (Å²) in [6, 6.07) is 1.78. The number of phenolic OH excluding ortho intramolecular Hbond substituents is 1. The molecular formula is C24H23BF2N4O9. The molecule has 40 heavy (non-hydrogen) atoms. The van der Waals surface area contributed by atoms with Crippen LogP contribution in [0.15, 0.2) is 30.3 Å². The van der Waals surface area contributed by atoms with Crippen LogP contribution in [0.2, 0.25) is 0 Å². The Kier molecular flexibility index (Phi) is 7.90. The molecule has 210 valence electrons. The number of benzene rings is 2. The highest BCUT2D eigenvalue weighted by molar-refractivity contribution is 6.47. The van der Waals surface area contributed by atoms with Gasteiger partial charge in [0.25, 0.3) is 0 Å². The van der Waals surface area contributed by atoms with Gasteiger partial charge in [0.1, 0.15) is 17.6 Å². The van der Waals surface area contributed by atoms with E-state index in [1.807, 2.05) is 0 Å². The van der Waals surface area contributed by atoms with Crippen molar-refractivity contribution < 1.29 is 52.6 Å². The standard InChI is InChI=1S/C24H23BF2N4O9/c1-2-30-6-7-31(22(35)21(30)34)24(38)29-18(13-9-15(27)16(32)10-14(13)26)20(33)28-17-8-11-4-3-5-12(23(36)37)19(11)40-25(17)39/h3-5,9-10,17-18,32,39H,2,6-8H2,1H3,(H,28,33)(H,29,38)(H,36,37)/t17-,18?/m0/s1. The zero-order chi connectivity index (χ0) is 29.3. The third kappa shape index (κ3) is 5.38. The molecule has 0 radical (unpaired) electrons. The molecule has 5 N–H and O–H groups in total. The summed E-state index contributed by atoms with van der Waals surface area (Å²) < 4.78 is 34.3. The molecule has 0 aliphatic carbocycles. The molecule has 5 amide bonds. The molecule has 2 aliphatic rings. The van der Waals surface area contributed by atoms with Gasteiger partial charge in [-0.3, -0.25) is 19.3 Å². The fourth-order valence-electron chi connectivity index (χ4n) is 4.41. The van der Waals surface area contributed by atoms with Crippen LogP contribution in [-0.4, -0.2) is 87.5 Å². The molecule has 2 heterocycles. The van der Waals surface area contributed by atoms with E-state index in [0.717, 1.165) is 0 Å². The molecule has 0 aromatic heterocycles. The second-order valence-corrected chi connectivity index (χ2v) is 8.98. The Morgan fingerprint density at radius 2 is 1.88 bits per heavy atom. The lowest BCUT2D eigenvalue weighted by molar-refractivity contribution is -0.153. The van der Waals surface area contributed by atoms with Crippen LogP contribution in [0, 0.1) is 11.6 Å². The number of carbonyl (C=O) groups excluding carboxylic acids is 4. The minimum atomic E-state index is -2.01. The number of nitrogens with zero attached hydrogens (tertiary/aromatic N) is 2. The van der Waals surface area contributed by atoms with Crippen LogP contribution in [-0.2, 0) is 20.8 Å². The van der Waals surface area contributed by atoms with E-state index in [-0.39, 0.29) is 37.4 Å². The molecule has 0 saturated carbocycles. The van der Waals surface area contributed by atoms with E-state index in [1.165, 1.54) is 23.1 Å². The molecular weight excluding hydrogens is 537 g/mol. The molecule has 0 spiro atoms. The predicted molar refractivity (Wildman–Crippen MR) is 131 cm³/mol. The van der Waals surface area contributed by atoms with Crippen molar-refractivity contribution in [2.24, 2.45) is 0 Å². The van der Waals surface area contributed by atoms with E-state index in [1.54, 1.807) is 6.92 Å². The van der Waals surface area contributed by atoms with Crippen molar-refractivity contribution >= 4 is 36.8 Å². The molecule has 4 rings (SSSR count). The lowest BCUT2D eigenvalue weighted by Gasteiger charge is -2.33. The SMILES string of the molecule is CCN1CCN(C(=O)NC(C(=O)N[C@H]2Cc3cccc(C(=O)O)c3OB2O)c2cc(F)c(O)cc2F)C(=O)C1=O. The second kappa shape index (κ2) is 11.2. The average Bonchev–Trinajstić information content (AvgIpc) is 2.90. The maximum absolute atomic E-state index is 14.8. The topological polar surface area (TPSA) is 186 Å². The Hall–Kier alpha value is -4.73. The van der Waals surface area contributed by atoms with Gasteiger partial charge in [0.15, 0.2) is 11.6 Å². The van der Waals surface area contributed by atoms with Crippen molar-refractivity contribution in [3.05, 3.63) is 58.7 Å². The van der Waals surface area contributed by atoms with Gasteiger partial charge in [-0.15, -0.1) is 0 Å². The van der Waals surface area contributed by atoms with Crippen LogP contribution in [0.25, 0.3) is 0 Å². The fraction of sp³-hybridized carbons (Fsp3) is 0.292. The molecule has 2 aromatic carbocycles. The Balaban J connectivity index is 1.61.